The maximum Gasteiger partial charge on any atom is 0.254 e. The Morgan fingerprint density at radius 3 is 1.96 bits per heavy atom. The predicted molar refractivity (Wildman–Crippen MR) is 177 cm³/mol. The summed E-state index contributed by atoms with van der Waals surface area (Å²) in [6.07, 6.45) is 1.55. The minimum atomic E-state index is -0.472. The standard InChI is InChI=1S/C38H29BrN2O4/c1-2-44-31-19-22(18-30(39)36(31)45-21-24-12-9-11-23-10-3-4-13-25(23)24)20-40-41-37(42)34-32-26-14-5-6-15-27(26)33(35(34)38(41)43)29-17-8-7-16-28(29)32/h3-20,32-35H,2,21H2,1H3/b40-20-/t32?,33?,34-,35+. The number of rotatable bonds is 7. The van der Waals surface area contributed by atoms with E-state index in [0.717, 1.165) is 43.6 Å². The number of carbonyl (C=O) groups is 2. The zero-order chi connectivity index (χ0) is 30.7. The molecule has 2 amide bonds. The van der Waals surface area contributed by atoms with Crippen LogP contribution in [0.2, 0.25) is 0 Å². The van der Waals surface area contributed by atoms with E-state index < -0.39 is 11.8 Å². The van der Waals surface area contributed by atoms with Crippen molar-refractivity contribution in [2.75, 3.05) is 6.61 Å². The number of imide groups is 1. The molecule has 2 bridgehead atoms. The minimum absolute atomic E-state index is 0.166. The van der Waals surface area contributed by atoms with Crippen LogP contribution in [-0.2, 0) is 16.2 Å². The molecule has 45 heavy (non-hydrogen) atoms. The lowest BCUT2D eigenvalue weighted by molar-refractivity contribution is -0.139. The number of hydrazone groups is 1. The van der Waals surface area contributed by atoms with Crippen molar-refractivity contribution in [1.29, 1.82) is 0 Å². The molecule has 0 N–H and O–H groups in total. The number of hydrogen-bond donors (Lipinski definition) is 0. The van der Waals surface area contributed by atoms with E-state index >= 15 is 0 Å². The van der Waals surface area contributed by atoms with E-state index in [1.165, 1.54) is 0 Å². The highest BCUT2D eigenvalue weighted by Crippen LogP contribution is 2.61. The van der Waals surface area contributed by atoms with E-state index in [2.05, 4.69) is 69.6 Å². The summed E-state index contributed by atoms with van der Waals surface area (Å²) in [5, 5.41) is 7.87. The number of fused-ring (bicyclic) bond motifs is 1. The van der Waals surface area contributed by atoms with E-state index in [9.17, 15) is 9.59 Å². The van der Waals surface area contributed by atoms with Crippen LogP contribution in [0.25, 0.3) is 10.8 Å². The monoisotopic (exact) mass is 656 g/mol. The molecule has 5 aromatic rings. The van der Waals surface area contributed by atoms with E-state index in [-0.39, 0.29) is 23.7 Å². The van der Waals surface area contributed by atoms with Crippen molar-refractivity contribution < 1.29 is 19.1 Å². The Morgan fingerprint density at radius 1 is 0.756 bits per heavy atom. The Balaban J connectivity index is 1.08. The summed E-state index contributed by atoms with van der Waals surface area (Å²) < 4.78 is 13.0. The van der Waals surface area contributed by atoms with Gasteiger partial charge >= 0.3 is 0 Å². The Labute approximate surface area is 269 Å². The van der Waals surface area contributed by atoms with E-state index in [4.69, 9.17) is 9.47 Å². The fourth-order valence-electron chi connectivity index (χ4n) is 7.53. The normalized spacial score (nSPS) is 21.2. The van der Waals surface area contributed by atoms with E-state index in [1.807, 2.05) is 61.5 Å². The first-order valence-electron chi connectivity index (χ1n) is 15.2. The molecule has 222 valence electrons. The Kier molecular flexibility index (Phi) is 6.79. The summed E-state index contributed by atoms with van der Waals surface area (Å²) in [7, 11) is 0. The van der Waals surface area contributed by atoms with Gasteiger partial charge in [0, 0.05) is 11.8 Å². The van der Waals surface area contributed by atoms with Gasteiger partial charge in [-0.05, 0) is 79.1 Å². The van der Waals surface area contributed by atoms with Crippen molar-refractivity contribution in [2.24, 2.45) is 16.9 Å². The molecule has 1 heterocycles. The number of benzene rings is 5. The average Bonchev–Trinajstić information content (AvgIpc) is 3.32. The SMILES string of the molecule is CCOc1cc(/C=N\N2C(=O)[C@@H]3C4c5ccccc5C(c5ccccc54)[C@@H]3C2=O)cc(Br)c1OCc1cccc2ccccc12. The van der Waals surface area contributed by atoms with Gasteiger partial charge in [-0.1, -0.05) is 91.0 Å². The lowest BCUT2D eigenvalue weighted by Crippen LogP contribution is -2.41. The predicted octanol–water partition coefficient (Wildman–Crippen LogP) is 7.81. The first-order chi connectivity index (χ1) is 22.0. The van der Waals surface area contributed by atoms with Crippen LogP contribution >= 0.6 is 15.9 Å². The second-order valence-corrected chi connectivity index (χ2v) is 12.5. The van der Waals surface area contributed by atoms with Crippen LogP contribution in [0, 0.1) is 11.8 Å². The maximum absolute atomic E-state index is 13.9. The average molecular weight is 658 g/mol. The summed E-state index contributed by atoms with van der Waals surface area (Å²) in [6.45, 7) is 2.71. The van der Waals surface area contributed by atoms with Crippen molar-refractivity contribution in [3.8, 4) is 11.5 Å². The van der Waals surface area contributed by atoms with Gasteiger partial charge in [0.1, 0.15) is 6.61 Å². The molecule has 1 saturated heterocycles. The molecular weight excluding hydrogens is 628 g/mol. The van der Waals surface area contributed by atoms with Crippen molar-refractivity contribution in [1.82, 2.24) is 5.01 Å². The molecule has 5 aromatic carbocycles. The lowest BCUT2D eigenvalue weighted by Gasteiger charge is -2.45. The zero-order valence-electron chi connectivity index (χ0n) is 24.5. The van der Waals surface area contributed by atoms with Crippen molar-refractivity contribution in [2.45, 2.75) is 25.4 Å². The highest BCUT2D eigenvalue weighted by Gasteiger charge is 2.61. The Morgan fingerprint density at radius 2 is 1.33 bits per heavy atom. The largest absolute Gasteiger partial charge is 0.490 e. The van der Waals surface area contributed by atoms with Crippen LogP contribution in [0.15, 0.2) is 113 Å². The van der Waals surface area contributed by atoms with Gasteiger partial charge in [-0.2, -0.15) is 10.1 Å². The zero-order valence-corrected chi connectivity index (χ0v) is 26.1. The van der Waals surface area contributed by atoms with Gasteiger partial charge in [0.05, 0.1) is 29.1 Å². The second kappa shape index (κ2) is 11.0. The summed E-state index contributed by atoms with van der Waals surface area (Å²) >= 11 is 3.66. The van der Waals surface area contributed by atoms with Gasteiger partial charge in [0.15, 0.2) is 11.5 Å². The van der Waals surface area contributed by atoms with Gasteiger partial charge in [-0.25, -0.2) is 0 Å². The van der Waals surface area contributed by atoms with E-state index in [0.29, 0.717) is 34.7 Å². The van der Waals surface area contributed by atoms with Crippen LogP contribution in [0.5, 0.6) is 11.5 Å². The van der Waals surface area contributed by atoms with Gasteiger partial charge < -0.3 is 9.47 Å². The van der Waals surface area contributed by atoms with E-state index in [1.54, 1.807) is 6.21 Å². The number of hydrogen-bond acceptors (Lipinski definition) is 5. The topological polar surface area (TPSA) is 68.2 Å². The molecule has 0 saturated carbocycles. The molecule has 0 unspecified atom stereocenters. The number of nitrogens with zero attached hydrogens (tertiary/aromatic N) is 2. The molecule has 0 radical (unpaired) electrons. The first-order valence-corrected chi connectivity index (χ1v) is 16.0. The van der Waals surface area contributed by atoms with Crippen molar-refractivity contribution in [3.63, 3.8) is 0 Å². The molecule has 2 atom stereocenters. The van der Waals surface area contributed by atoms with Gasteiger partial charge in [0.2, 0.25) is 0 Å². The van der Waals surface area contributed by atoms with Crippen LogP contribution < -0.4 is 9.47 Å². The highest BCUT2D eigenvalue weighted by atomic mass is 79.9. The summed E-state index contributed by atoms with van der Waals surface area (Å²) in [5.74, 6) is -0.653. The van der Waals surface area contributed by atoms with Crippen molar-refractivity contribution in [3.05, 3.63) is 141 Å². The van der Waals surface area contributed by atoms with Crippen LogP contribution in [0.1, 0.15) is 52.1 Å². The fourth-order valence-corrected chi connectivity index (χ4v) is 8.11. The molecule has 1 fully saturated rings. The molecule has 0 aromatic heterocycles. The molecule has 7 heteroatoms. The number of amides is 2. The van der Waals surface area contributed by atoms with Gasteiger partial charge in [-0.3, -0.25) is 9.59 Å². The van der Waals surface area contributed by atoms with Crippen LogP contribution in [-0.4, -0.2) is 29.6 Å². The second-order valence-electron chi connectivity index (χ2n) is 11.7. The summed E-state index contributed by atoms with van der Waals surface area (Å²) in [6, 6.07) is 34.5. The third-order valence-electron chi connectivity index (χ3n) is 9.33. The summed E-state index contributed by atoms with van der Waals surface area (Å²) in [4.78, 5) is 27.8. The van der Waals surface area contributed by atoms with Crippen LogP contribution in [0.3, 0.4) is 0 Å². The van der Waals surface area contributed by atoms with Gasteiger partial charge in [0.25, 0.3) is 11.8 Å². The molecule has 6 nitrogen and oxygen atoms in total. The molecular formula is C38H29BrN2O4. The number of ether oxygens (including phenoxy) is 2. The third kappa shape index (κ3) is 4.40. The first kappa shape index (κ1) is 27.8. The molecule has 1 aliphatic heterocycles. The van der Waals surface area contributed by atoms with Crippen LogP contribution in [0.4, 0.5) is 0 Å². The molecule has 0 spiro atoms. The minimum Gasteiger partial charge on any atom is -0.490 e. The number of halogens is 1. The molecule has 4 aliphatic rings. The Bertz CT molecular complexity index is 1920. The Hall–Kier alpha value is -4.75. The van der Waals surface area contributed by atoms with Crippen molar-refractivity contribution >= 4 is 44.7 Å². The fraction of sp³-hybridized carbons (Fsp3) is 0.184. The lowest BCUT2D eigenvalue weighted by atomic mass is 9.55. The maximum atomic E-state index is 13.9. The van der Waals surface area contributed by atoms with Gasteiger partial charge in [-0.15, -0.1) is 0 Å². The molecule has 9 rings (SSSR count). The highest BCUT2D eigenvalue weighted by molar-refractivity contribution is 9.10. The smallest absolute Gasteiger partial charge is 0.254 e. The third-order valence-corrected chi connectivity index (χ3v) is 9.92. The molecule has 3 aliphatic carbocycles. The summed E-state index contributed by atoms with van der Waals surface area (Å²) in [5.41, 5.74) is 6.29. The quantitative estimate of drug-likeness (QED) is 0.132. The number of carbonyl (C=O) groups excluding carboxylic acids is 2.